The van der Waals surface area contributed by atoms with Gasteiger partial charge in [-0.1, -0.05) is 0 Å². The third-order valence-corrected chi connectivity index (χ3v) is 50.1. The van der Waals surface area contributed by atoms with Crippen LogP contribution in [0.3, 0.4) is 0 Å². The van der Waals surface area contributed by atoms with Gasteiger partial charge in [0.2, 0.25) is 0 Å². The number of rotatable bonds is 0. The zero-order valence-corrected chi connectivity index (χ0v) is 12.8. The molecule has 1 fully saturated rings. The van der Waals surface area contributed by atoms with Crippen molar-refractivity contribution in [2.24, 2.45) is 0 Å². The van der Waals surface area contributed by atoms with Crippen LogP contribution in [0, 0.1) is 0 Å². The van der Waals surface area contributed by atoms with Crippen molar-refractivity contribution in [1.82, 2.24) is 0 Å². The first-order chi connectivity index (χ1) is 3.95. The van der Waals surface area contributed by atoms with Gasteiger partial charge in [0.1, 0.15) is 0 Å². The van der Waals surface area contributed by atoms with Crippen LogP contribution in [-0.4, -0.2) is 36.5 Å². The molecule has 2 nitrogen and oxygen atoms in total. The molecular weight excluding hydrogens is 348 g/mol. The van der Waals surface area contributed by atoms with Crippen LogP contribution in [0.2, 0.25) is 29.2 Å². The van der Waals surface area contributed by atoms with Crippen LogP contribution in [0.4, 0.5) is 0 Å². The van der Waals surface area contributed by atoms with Gasteiger partial charge in [-0.25, -0.2) is 0 Å². The standard InChI is InChI=1S/6CH3.2O.2Sb/h6*1H3;;;;. The summed E-state index contributed by atoms with van der Waals surface area (Å²) in [6.07, 6.45) is 0. The maximum absolute atomic E-state index is 6.07. The molecular formula is C6H18O2Sb2. The van der Waals surface area contributed by atoms with Gasteiger partial charge in [-0.2, -0.15) is 0 Å². The summed E-state index contributed by atoms with van der Waals surface area (Å²) in [4.78, 5) is 13.1. The van der Waals surface area contributed by atoms with Crippen molar-refractivity contribution < 1.29 is 2.59 Å². The molecule has 0 bridgehead atoms. The van der Waals surface area contributed by atoms with Crippen LogP contribution < -0.4 is 0 Å². The fourth-order valence-electron chi connectivity index (χ4n) is 1.90. The normalized spacial score (nSPS) is 46.6. The molecule has 4 heteroatoms. The van der Waals surface area contributed by atoms with Gasteiger partial charge in [-0.05, 0) is 0 Å². The summed E-state index contributed by atoms with van der Waals surface area (Å²) in [5, 5.41) is 0. The molecule has 0 spiro atoms. The molecule has 1 aliphatic rings. The van der Waals surface area contributed by atoms with E-state index in [0.717, 1.165) is 0 Å². The van der Waals surface area contributed by atoms with E-state index in [9.17, 15) is 0 Å². The van der Waals surface area contributed by atoms with Crippen molar-refractivity contribution in [3.8, 4) is 0 Å². The van der Waals surface area contributed by atoms with E-state index in [0.29, 0.717) is 0 Å². The molecule has 0 amide bonds. The Bertz CT molecular complexity index is 147. The second kappa shape index (κ2) is 1.74. The average molecular weight is 366 g/mol. The molecule has 64 valence electrons. The topological polar surface area (TPSA) is 18.5 Å². The Kier molecular flexibility index (Phi) is 1.68. The van der Waals surface area contributed by atoms with Gasteiger partial charge in [0.25, 0.3) is 0 Å². The van der Waals surface area contributed by atoms with Crippen LogP contribution in [-0.2, 0) is 2.59 Å². The summed E-state index contributed by atoms with van der Waals surface area (Å²) >= 11 is -5.50. The monoisotopic (exact) mass is 364 g/mol. The Morgan fingerprint density at radius 1 is 0.600 bits per heavy atom. The first-order valence-corrected chi connectivity index (χ1v) is 22.9. The molecule has 0 saturated carbocycles. The SMILES string of the molecule is [CH3][Sb]1([CH3])([CH3])[O][Sb]([CH3])([CH3])([CH3])[O]1. The van der Waals surface area contributed by atoms with Crippen LogP contribution in [0.25, 0.3) is 0 Å². The van der Waals surface area contributed by atoms with Gasteiger partial charge in [0.05, 0.1) is 0 Å². The average Bonchev–Trinajstić information content (AvgIpc) is 1.08. The summed E-state index contributed by atoms with van der Waals surface area (Å²) in [5.74, 6) is 0. The molecule has 0 radical (unpaired) electrons. The molecule has 0 aromatic carbocycles. The summed E-state index contributed by atoms with van der Waals surface area (Å²) in [6, 6.07) is 0. The van der Waals surface area contributed by atoms with Crippen molar-refractivity contribution in [1.29, 1.82) is 0 Å². The van der Waals surface area contributed by atoms with Crippen molar-refractivity contribution in [3.63, 3.8) is 0 Å². The summed E-state index contributed by atoms with van der Waals surface area (Å²) in [7, 11) is 0. The predicted molar refractivity (Wildman–Crippen MR) is 48.9 cm³/mol. The maximum atomic E-state index is 6.07. The van der Waals surface area contributed by atoms with Gasteiger partial charge >= 0.3 is 68.3 Å². The van der Waals surface area contributed by atoms with E-state index in [1.165, 1.54) is 0 Å². The molecule has 1 heterocycles. The summed E-state index contributed by atoms with van der Waals surface area (Å²) in [6.45, 7) is 0. The van der Waals surface area contributed by atoms with Gasteiger partial charge in [-0.3, -0.25) is 0 Å². The minimum atomic E-state index is -2.75. The van der Waals surface area contributed by atoms with Crippen molar-refractivity contribution in [3.05, 3.63) is 0 Å². The third-order valence-electron chi connectivity index (χ3n) is 1.11. The minimum absolute atomic E-state index is 2.18. The van der Waals surface area contributed by atoms with Crippen molar-refractivity contribution in [2.45, 2.75) is 29.2 Å². The van der Waals surface area contributed by atoms with Gasteiger partial charge in [-0.15, -0.1) is 0 Å². The molecule has 1 rings (SSSR count). The first kappa shape index (κ1) is 9.64. The van der Waals surface area contributed by atoms with Gasteiger partial charge < -0.3 is 0 Å². The second-order valence-corrected chi connectivity index (χ2v) is 41.0. The fraction of sp³-hybridized carbons (Fsp3) is 1.00. The van der Waals surface area contributed by atoms with Crippen LogP contribution >= 0.6 is 0 Å². The van der Waals surface area contributed by atoms with E-state index in [2.05, 4.69) is 29.2 Å². The van der Waals surface area contributed by atoms with E-state index in [-0.39, 0.29) is 0 Å². The van der Waals surface area contributed by atoms with Crippen LogP contribution in [0.1, 0.15) is 0 Å². The van der Waals surface area contributed by atoms with Crippen LogP contribution in [0.5, 0.6) is 0 Å². The molecule has 0 atom stereocenters. The Labute approximate surface area is 67.6 Å². The fourth-order valence-corrected chi connectivity index (χ4v) is 85.6. The second-order valence-electron chi connectivity index (χ2n) is 5.19. The van der Waals surface area contributed by atoms with E-state index < -0.39 is 36.5 Å². The predicted octanol–water partition coefficient (Wildman–Crippen LogP) is 2.60. The molecule has 0 aromatic rings. The molecule has 10 heavy (non-hydrogen) atoms. The zero-order chi connectivity index (χ0) is 8.31. The Balaban J connectivity index is 2.78. The molecule has 0 aromatic heterocycles. The first-order valence-electron chi connectivity index (χ1n) is 3.41. The number of hydrogen-bond donors (Lipinski definition) is 0. The molecule has 1 saturated heterocycles. The quantitative estimate of drug-likeness (QED) is 0.614. The van der Waals surface area contributed by atoms with Gasteiger partial charge in [0, 0.05) is 0 Å². The van der Waals surface area contributed by atoms with Crippen LogP contribution in [0.15, 0.2) is 0 Å². The molecule has 0 N–H and O–H groups in total. The van der Waals surface area contributed by atoms with Gasteiger partial charge in [0.15, 0.2) is 0 Å². The van der Waals surface area contributed by atoms with E-state index in [1.807, 2.05) is 0 Å². The van der Waals surface area contributed by atoms with Crippen molar-refractivity contribution in [2.75, 3.05) is 0 Å². The summed E-state index contributed by atoms with van der Waals surface area (Å²) in [5.41, 5.74) is 0. The third kappa shape index (κ3) is 2.27. The van der Waals surface area contributed by atoms with E-state index in [4.69, 9.17) is 2.59 Å². The Morgan fingerprint density at radius 3 is 0.800 bits per heavy atom. The number of hydrogen-bond acceptors (Lipinski definition) is 2. The molecule has 0 aliphatic carbocycles. The summed E-state index contributed by atoms with van der Waals surface area (Å²) < 4.78 is 12.1. The zero-order valence-electron chi connectivity index (χ0n) is 7.71. The Hall–Kier alpha value is 1.56. The Morgan fingerprint density at radius 2 is 0.800 bits per heavy atom. The molecule has 0 unspecified atom stereocenters. The van der Waals surface area contributed by atoms with E-state index in [1.54, 1.807) is 0 Å². The molecule has 1 aliphatic heterocycles. The van der Waals surface area contributed by atoms with E-state index >= 15 is 0 Å². The van der Waals surface area contributed by atoms with Crippen molar-refractivity contribution >= 4 is 36.5 Å².